The number of nitrogens with two attached hydrogens (primary N) is 1. The molecule has 1 saturated heterocycles. The van der Waals surface area contributed by atoms with Gasteiger partial charge in [0.2, 0.25) is 0 Å². The minimum absolute atomic E-state index is 0.375. The van der Waals surface area contributed by atoms with Crippen LogP contribution in [0.4, 0.5) is 0 Å². The van der Waals surface area contributed by atoms with E-state index in [9.17, 15) is 0 Å². The van der Waals surface area contributed by atoms with Gasteiger partial charge >= 0.3 is 0 Å². The average Bonchev–Trinajstić information content (AvgIpc) is 2.14. The zero-order valence-corrected chi connectivity index (χ0v) is 4.28. The molecule has 1 heterocycles. The van der Waals surface area contributed by atoms with E-state index in [-0.39, 0.29) is 0 Å². The van der Waals surface area contributed by atoms with E-state index in [1.165, 1.54) is 6.42 Å². The van der Waals surface area contributed by atoms with Gasteiger partial charge in [0.25, 0.3) is 0 Å². The van der Waals surface area contributed by atoms with Gasteiger partial charge in [-0.1, -0.05) is 0 Å². The quantitative estimate of drug-likeness (QED) is 0.298. The summed E-state index contributed by atoms with van der Waals surface area (Å²) in [7, 11) is 0. The molecule has 0 unspecified atom stereocenters. The topological polar surface area (TPSA) is 50.1 Å². The molecule has 1 fully saturated rings. The van der Waals surface area contributed by atoms with Crippen molar-refractivity contribution in [1.29, 1.82) is 0 Å². The third-order valence-corrected chi connectivity index (χ3v) is 1.26. The van der Waals surface area contributed by atoms with Gasteiger partial charge in [0.15, 0.2) is 0 Å². The van der Waals surface area contributed by atoms with Crippen LogP contribution in [0.2, 0.25) is 0 Å². The Morgan fingerprint density at radius 2 is 2.57 bits per heavy atom. The van der Waals surface area contributed by atoms with Gasteiger partial charge in [0.05, 0.1) is 6.17 Å². The van der Waals surface area contributed by atoms with Crippen LogP contribution in [-0.2, 0) is 0 Å². The molecule has 4 N–H and O–H groups in total. The fraction of sp³-hybridized carbons (Fsp3) is 1.00. The second-order valence-electron chi connectivity index (χ2n) is 1.82. The highest BCUT2D eigenvalue weighted by atomic mass is 15.3. The molecule has 42 valence electrons. The lowest BCUT2D eigenvalue weighted by molar-refractivity contribution is 0.498. The Balaban J connectivity index is 2.14. The molecule has 0 aromatic rings. The van der Waals surface area contributed by atoms with Crippen molar-refractivity contribution in [3.8, 4) is 0 Å². The van der Waals surface area contributed by atoms with Crippen molar-refractivity contribution < 1.29 is 0 Å². The molecular formula is C4H11N3. The highest BCUT2D eigenvalue weighted by Gasteiger charge is 2.09. The second kappa shape index (κ2) is 2.26. The maximum Gasteiger partial charge on any atom is 0.0702 e. The van der Waals surface area contributed by atoms with Gasteiger partial charge in [-0.3, -0.25) is 5.84 Å². The summed E-state index contributed by atoms with van der Waals surface area (Å²) >= 11 is 0. The molecule has 1 atom stereocenters. The van der Waals surface area contributed by atoms with Crippen molar-refractivity contribution in [2.75, 3.05) is 6.54 Å². The Kier molecular flexibility index (Phi) is 1.62. The summed E-state index contributed by atoms with van der Waals surface area (Å²) in [6, 6.07) is 0. The van der Waals surface area contributed by atoms with E-state index in [1.807, 2.05) is 0 Å². The molecule has 0 amide bonds. The summed E-state index contributed by atoms with van der Waals surface area (Å²) in [4.78, 5) is 0. The minimum atomic E-state index is 0.375. The van der Waals surface area contributed by atoms with Crippen LogP contribution in [-0.4, -0.2) is 12.7 Å². The number of nitrogens with one attached hydrogen (secondary N) is 2. The molecule has 3 nitrogen and oxygen atoms in total. The third-order valence-electron chi connectivity index (χ3n) is 1.26. The highest BCUT2D eigenvalue weighted by Crippen LogP contribution is 1.98. The van der Waals surface area contributed by atoms with E-state index < -0.39 is 0 Å². The third kappa shape index (κ3) is 1.12. The smallest absolute Gasteiger partial charge is 0.0702 e. The standard InChI is InChI=1S/C4H11N3/c5-7-4-2-1-3-6-4/h4,6-7H,1-3,5H2/t4-/m1/s1. The van der Waals surface area contributed by atoms with Crippen LogP contribution in [0, 0.1) is 0 Å². The van der Waals surface area contributed by atoms with Crippen molar-refractivity contribution >= 4 is 0 Å². The van der Waals surface area contributed by atoms with Crippen molar-refractivity contribution in [3.05, 3.63) is 0 Å². The Hall–Kier alpha value is -0.120. The van der Waals surface area contributed by atoms with Crippen LogP contribution >= 0.6 is 0 Å². The van der Waals surface area contributed by atoms with Gasteiger partial charge in [-0.15, -0.1) is 0 Å². The summed E-state index contributed by atoms with van der Waals surface area (Å²) in [5.74, 6) is 5.12. The molecule has 1 aliphatic heterocycles. The molecule has 0 spiro atoms. The van der Waals surface area contributed by atoms with Crippen LogP contribution in [0.15, 0.2) is 0 Å². The van der Waals surface area contributed by atoms with Crippen LogP contribution in [0.1, 0.15) is 12.8 Å². The number of rotatable bonds is 1. The molecule has 7 heavy (non-hydrogen) atoms. The van der Waals surface area contributed by atoms with Crippen molar-refractivity contribution in [1.82, 2.24) is 10.7 Å². The number of hydrogen-bond donors (Lipinski definition) is 3. The lowest BCUT2D eigenvalue weighted by Crippen LogP contribution is -2.41. The largest absolute Gasteiger partial charge is 0.301 e. The Labute approximate surface area is 43.2 Å². The van der Waals surface area contributed by atoms with Gasteiger partial charge < -0.3 is 5.32 Å². The van der Waals surface area contributed by atoms with E-state index in [0.29, 0.717) is 6.17 Å². The summed E-state index contributed by atoms with van der Waals surface area (Å²) in [6.07, 6.45) is 2.78. The van der Waals surface area contributed by atoms with Gasteiger partial charge in [-0.25, -0.2) is 5.43 Å². The van der Waals surface area contributed by atoms with Gasteiger partial charge in [0.1, 0.15) is 0 Å². The first-order valence-electron chi connectivity index (χ1n) is 2.63. The molecular weight excluding hydrogens is 90.1 g/mol. The van der Waals surface area contributed by atoms with Crippen molar-refractivity contribution in [2.24, 2.45) is 5.84 Å². The fourth-order valence-electron chi connectivity index (χ4n) is 0.827. The minimum Gasteiger partial charge on any atom is -0.301 e. The van der Waals surface area contributed by atoms with Crippen molar-refractivity contribution in [3.63, 3.8) is 0 Å². The summed E-state index contributed by atoms with van der Waals surface area (Å²) in [6.45, 7) is 1.11. The normalized spacial score (nSPS) is 31.3. The van der Waals surface area contributed by atoms with E-state index in [0.717, 1.165) is 13.0 Å². The first-order valence-corrected chi connectivity index (χ1v) is 2.63. The fourth-order valence-corrected chi connectivity index (χ4v) is 0.827. The van der Waals surface area contributed by atoms with Gasteiger partial charge in [0, 0.05) is 0 Å². The van der Waals surface area contributed by atoms with Crippen LogP contribution in [0.3, 0.4) is 0 Å². The Morgan fingerprint density at radius 3 is 2.86 bits per heavy atom. The Bertz CT molecular complexity index is 48.9. The lowest BCUT2D eigenvalue weighted by atomic mass is 10.3. The zero-order chi connectivity index (χ0) is 5.11. The number of hydrogen-bond acceptors (Lipinski definition) is 3. The highest BCUT2D eigenvalue weighted by molar-refractivity contribution is 4.68. The first-order chi connectivity index (χ1) is 3.43. The molecule has 0 aliphatic carbocycles. The predicted molar refractivity (Wildman–Crippen MR) is 28.3 cm³/mol. The maximum atomic E-state index is 5.12. The average molecular weight is 101 g/mol. The van der Waals surface area contributed by atoms with Crippen LogP contribution in [0.25, 0.3) is 0 Å². The molecule has 0 aromatic heterocycles. The maximum absolute atomic E-state index is 5.12. The second-order valence-corrected chi connectivity index (χ2v) is 1.82. The summed E-state index contributed by atoms with van der Waals surface area (Å²) in [5, 5.41) is 3.17. The van der Waals surface area contributed by atoms with E-state index in [2.05, 4.69) is 10.7 Å². The number of hydrazine groups is 1. The molecule has 0 aromatic carbocycles. The van der Waals surface area contributed by atoms with E-state index in [4.69, 9.17) is 5.84 Å². The first kappa shape index (κ1) is 5.03. The van der Waals surface area contributed by atoms with E-state index >= 15 is 0 Å². The predicted octanol–water partition coefficient (Wildman–Crippen LogP) is -0.841. The molecule has 1 rings (SSSR count). The molecule has 0 radical (unpaired) electrons. The zero-order valence-electron chi connectivity index (χ0n) is 4.28. The summed E-state index contributed by atoms with van der Waals surface area (Å²) in [5.41, 5.74) is 2.65. The molecule has 0 bridgehead atoms. The molecule has 0 saturated carbocycles. The van der Waals surface area contributed by atoms with Gasteiger partial charge in [-0.05, 0) is 19.4 Å². The lowest BCUT2D eigenvalue weighted by Gasteiger charge is -2.04. The SMILES string of the molecule is NN[C@@H]1CCCN1. The van der Waals surface area contributed by atoms with Crippen molar-refractivity contribution in [2.45, 2.75) is 19.0 Å². The molecule has 1 aliphatic rings. The van der Waals surface area contributed by atoms with E-state index in [1.54, 1.807) is 0 Å². The Morgan fingerprint density at radius 1 is 1.71 bits per heavy atom. The van der Waals surface area contributed by atoms with Crippen LogP contribution in [0.5, 0.6) is 0 Å². The summed E-state index contributed by atoms with van der Waals surface area (Å²) < 4.78 is 0. The molecule has 3 heteroatoms. The van der Waals surface area contributed by atoms with Gasteiger partial charge in [-0.2, -0.15) is 0 Å². The monoisotopic (exact) mass is 101 g/mol. The van der Waals surface area contributed by atoms with Crippen LogP contribution < -0.4 is 16.6 Å².